The van der Waals surface area contributed by atoms with E-state index in [4.69, 9.17) is 4.42 Å². The number of amides is 1. The predicted molar refractivity (Wildman–Crippen MR) is 148 cm³/mol. The number of furan rings is 1. The Kier molecular flexibility index (Phi) is 6.73. The first-order valence-corrected chi connectivity index (χ1v) is 13.1. The highest BCUT2D eigenvalue weighted by atomic mass is 79.9. The number of aliphatic hydroxyl groups is 1. The van der Waals surface area contributed by atoms with Crippen molar-refractivity contribution in [2.24, 2.45) is 0 Å². The van der Waals surface area contributed by atoms with Gasteiger partial charge in [0.2, 0.25) is 5.78 Å². The SMILES string of the molecule is CC(C)(C)c1ccc(C2C(C(=O)c3cc4cc(Br)ccc4o3)=C(O)C(=O)N2CCc2ccc(F)cc2)cc1. The van der Waals surface area contributed by atoms with Gasteiger partial charge >= 0.3 is 0 Å². The number of hydrogen-bond donors (Lipinski definition) is 1. The summed E-state index contributed by atoms with van der Waals surface area (Å²) >= 11 is 3.42. The Morgan fingerprint density at radius 1 is 1.03 bits per heavy atom. The summed E-state index contributed by atoms with van der Waals surface area (Å²) in [6.07, 6.45) is 0.427. The average molecular weight is 576 g/mol. The molecule has 194 valence electrons. The Labute approximate surface area is 228 Å². The predicted octanol–water partition coefficient (Wildman–Crippen LogP) is 7.45. The fourth-order valence-corrected chi connectivity index (χ4v) is 5.17. The molecule has 1 aliphatic heterocycles. The highest BCUT2D eigenvalue weighted by Crippen LogP contribution is 2.40. The Morgan fingerprint density at radius 3 is 2.37 bits per heavy atom. The minimum absolute atomic E-state index is 0.0178. The van der Waals surface area contributed by atoms with E-state index in [-0.39, 0.29) is 29.1 Å². The van der Waals surface area contributed by atoms with Crippen LogP contribution in [0.4, 0.5) is 4.39 Å². The number of carbonyl (C=O) groups is 2. The molecule has 5 rings (SSSR count). The van der Waals surface area contributed by atoms with E-state index in [1.165, 1.54) is 17.0 Å². The molecule has 0 saturated carbocycles. The first-order valence-electron chi connectivity index (χ1n) is 12.4. The van der Waals surface area contributed by atoms with Crippen molar-refractivity contribution in [3.63, 3.8) is 0 Å². The van der Waals surface area contributed by atoms with Crippen LogP contribution in [-0.4, -0.2) is 28.2 Å². The lowest BCUT2D eigenvalue weighted by molar-refractivity contribution is -0.129. The maximum atomic E-state index is 13.8. The van der Waals surface area contributed by atoms with Gasteiger partial charge in [0.15, 0.2) is 11.5 Å². The van der Waals surface area contributed by atoms with Crippen molar-refractivity contribution in [2.75, 3.05) is 6.54 Å². The van der Waals surface area contributed by atoms with Gasteiger partial charge in [-0.3, -0.25) is 9.59 Å². The summed E-state index contributed by atoms with van der Waals surface area (Å²) in [6, 6.07) is 20.0. The molecule has 5 nitrogen and oxygen atoms in total. The van der Waals surface area contributed by atoms with Crippen LogP contribution in [0.25, 0.3) is 11.0 Å². The van der Waals surface area contributed by atoms with E-state index in [0.717, 1.165) is 21.0 Å². The number of carbonyl (C=O) groups excluding carboxylic acids is 2. The van der Waals surface area contributed by atoms with Gasteiger partial charge < -0.3 is 14.4 Å². The summed E-state index contributed by atoms with van der Waals surface area (Å²) in [5.74, 6) is -2.05. The van der Waals surface area contributed by atoms with Gasteiger partial charge in [-0.25, -0.2) is 4.39 Å². The largest absolute Gasteiger partial charge is 0.503 e. The number of fused-ring (bicyclic) bond motifs is 1. The van der Waals surface area contributed by atoms with Gasteiger partial charge in [-0.15, -0.1) is 0 Å². The molecule has 0 fully saturated rings. The molecule has 0 bridgehead atoms. The lowest BCUT2D eigenvalue weighted by Gasteiger charge is -2.27. The maximum Gasteiger partial charge on any atom is 0.290 e. The molecule has 0 saturated heterocycles. The van der Waals surface area contributed by atoms with Crippen LogP contribution in [0.15, 0.2) is 93.0 Å². The zero-order valence-corrected chi connectivity index (χ0v) is 22.9. The second-order valence-electron chi connectivity index (χ2n) is 10.5. The molecule has 2 heterocycles. The number of benzene rings is 3. The number of Topliss-reactive ketones (excluding diaryl/α,β-unsaturated/α-hetero) is 1. The van der Waals surface area contributed by atoms with Crippen molar-refractivity contribution in [3.8, 4) is 0 Å². The van der Waals surface area contributed by atoms with Crippen molar-refractivity contribution in [3.05, 3.63) is 117 Å². The smallest absolute Gasteiger partial charge is 0.290 e. The lowest BCUT2D eigenvalue weighted by Crippen LogP contribution is -2.33. The molecule has 1 N–H and O–H groups in total. The summed E-state index contributed by atoms with van der Waals surface area (Å²) in [5.41, 5.74) is 3.08. The monoisotopic (exact) mass is 575 g/mol. The first kappa shape index (κ1) is 25.9. The van der Waals surface area contributed by atoms with Gasteiger partial charge in [0.1, 0.15) is 11.4 Å². The molecule has 0 radical (unpaired) electrons. The second kappa shape index (κ2) is 9.87. The zero-order valence-electron chi connectivity index (χ0n) is 21.3. The molecule has 7 heteroatoms. The third-order valence-electron chi connectivity index (χ3n) is 6.90. The molecule has 0 spiro atoms. The van der Waals surface area contributed by atoms with E-state index in [1.54, 1.807) is 24.3 Å². The average Bonchev–Trinajstić information content (AvgIpc) is 3.41. The molecule has 38 heavy (non-hydrogen) atoms. The van der Waals surface area contributed by atoms with Gasteiger partial charge in [0.25, 0.3) is 5.91 Å². The minimum atomic E-state index is -0.801. The molecular formula is C31H27BrFNO4. The summed E-state index contributed by atoms with van der Waals surface area (Å²) in [7, 11) is 0. The van der Waals surface area contributed by atoms with Crippen LogP contribution in [0.1, 0.15) is 54.1 Å². The quantitative estimate of drug-likeness (QED) is 0.242. The summed E-state index contributed by atoms with van der Waals surface area (Å²) < 4.78 is 20.1. The van der Waals surface area contributed by atoms with Gasteiger partial charge in [0, 0.05) is 16.4 Å². The molecule has 0 aliphatic carbocycles. The normalized spacial score (nSPS) is 16.1. The standard InChI is InChI=1S/C31H27BrFNO4/c1-31(2,3)21-8-6-19(7-9-21)27-26(28(35)25-17-20-16-22(32)10-13-24(20)38-25)29(36)30(37)34(27)15-14-18-4-11-23(33)12-5-18/h4-13,16-17,27,36H,14-15H2,1-3H3. The van der Waals surface area contributed by atoms with Crippen LogP contribution in [0, 0.1) is 5.82 Å². The van der Waals surface area contributed by atoms with Crippen molar-refractivity contribution >= 4 is 38.6 Å². The van der Waals surface area contributed by atoms with Crippen molar-refractivity contribution in [1.82, 2.24) is 4.90 Å². The number of aliphatic hydroxyl groups excluding tert-OH is 1. The number of hydrogen-bond acceptors (Lipinski definition) is 4. The molecular weight excluding hydrogens is 549 g/mol. The molecule has 1 unspecified atom stereocenters. The van der Waals surface area contributed by atoms with E-state index in [2.05, 4.69) is 36.7 Å². The number of halogens is 2. The Hall–Kier alpha value is -3.71. The van der Waals surface area contributed by atoms with Gasteiger partial charge in [-0.2, -0.15) is 0 Å². The van der Waals surface area contributed by atoms with Crippen molar-refractivity contribution in [2.45, 2.75) is 38.6 Å². The summed E-state index contributed by atoms with van der Waals surface area (Å²) in [5, 5.41) is 11.7. The third-order valence-corrected chi connectivity index (χ3v) is 7.39. The van der Waals surface area contributed by atoms with Gasteiger partial charge in [0.05, 0.1) is 11.6 Å². The van der Waals surface area contributed by atoms with Crippen LogP contribution >= 0.6 is 15.9 Å². The molecule has 1 aliphatic rings. The number of rotatable bonds is 6. The topological polar surface area (TPSA) is 70.7 Å². The van der Waals surface area contributed by atoms with Crippen LogP contribution in [-0.2, 0) is 16.6 Å². The fourth-order valence-electron chi connectivity index (χ4n) is 4.79. The molecule has 3 aromatic carbocycles. The van der Waals surface area contributed by atoms with E-state index >= 15 is 0 Å². The van der Waals surface area contributed by atoms with E-state index in [0.29, 0.717) is 17.6 Å². The summed E-state index contributed by atoms with van der Waals surface area (Å²) in [6.45, 7) is 6.55. The van der Waals surface area contributed by atoms with E-state index in [9.17, 15) is 19.1 Å². The summed E-state index contributed by atoms with van der Waals surface area (Å²) in [4.78, 5) is 28.6. The van der Waals surface area contributed by atoms with E-state index < -0.39 is 23.5 Å². The highest BCUT2D eigenvalue weighted by Gasteiger charge is 2.44. The fraction of sp³-hybridized carbons (Fsp3) is 0.226. The molecule has 1 aromatic heterocycles. The van der Waals surface area contributed by atoms with Gasteiger partial charge in [-0.05, 0) is 64.9 Å². The van der Waals surface area contributed by atoms with Crippen LogP contribution in [0.5, 0.6) is 0 Å². The Bertz CT molecular complexity index is 1560. The lowest BCUT2D eigenvalue weighted by atomic mass is 9.85. The van der Waals surface area contributed by atoms with Gasteiger partial charge in [-0.1, -0.05) is 73.1 Å². The van der Waals surface area contributed by atoms with Crippen LogP contribution in [0.2, 0.25) is 0 Å². The second-order valence-corrected chi connectivity index (χ2v) is 11.4. The van der Waals surface area contributed by atoms with Crippen molar-refractivity contribution < 1.29 is 23.5 Å². The van der Waals surface area contributed by atoms with Crippen LogP contribution in [0.3, 0.4) is 0 Å². The first-order chi connectivity index (χ1) is 18.0. The number of nitrogens with zero attached hydrogens (tertiary/aromatic N) is 1. The zero-order chi connectivity index (χ0) is 27.2. The van der Waals surface area contributed by atoms with Crippen molar-refractivity contribution in [1.29, 1.82) is 0 Å². The Morgan fingerprint density at radius 2 is 1.71 bits per heavy atom. The van der Waals surface area contributed by atoms with E-state index in [1.807, 2.05) is 36.4 Å². The molecule has 4 aromatic rings. The highest BCUT2D eigenvalue weighted by molar-refractivity contribution is 9.10. The maximum absolute atomic E-state index is 13.8. The molecule has 1 amide bonds. The number of ketones is 1. The van der Waals surface area contributed by atoms with Crippen LogP contribution < -0.4 is 0 Å². The minimum Gasteiger partial charge on any atom is -0.503 e. The third kappa shape index (κ3) is 4.90. The molecule has 1 atom stereocenters. The Balaban J connectivity index is 1.54.